The van der Waals surface area contributed by atoms with Crippen molar-refractivity contribution in [2.75, 3.05) is 11.9 Å². The molecule has 0 atom stereocenters. The van der Waals surface area contributed by atoms with Gasteiger partial charge in [0.25, 0.3) is 5.91 Å². The molecule has 1 aliphatic heterocycles. The van der Waals surface area contributed by atoms with Crippen LogP contribution in [0.4, 0.5) is 28.0 Å². The SMILES string of the molecule is Cc1cc(F)cc(-c2nn3c(c2C(=O)Nc2ccc(C(F)(F)F)cc2)CN(C(N)=O)CC3)c1. The number of nitrogens with one attached hydrogen (secondary N) is 1. The molecule has 0 spiro atoms. The molecular formula is C22H19F4N5O2. The third kappa shape index (κ3) is 4.52. The monoisotopic (exact) mass is 461 g/mol. The van der Waals surface area contributed by atoms with Gasteiger partial charge in [-0.3, -0.25) is 9.48 Å². The molecule has 3 amide bonds. The highest BCUT2D eigenvalue weighted by molar-refractivity contribution is 6.09. The van der Waals surface area contributed by atoms with Crippen molar-refractivity contribution in [1.82, 2.24) is 14.7 Å². The Hall–Kier alpha value is -3.89. The van der Waals surface area contributed by atoms with Gasteiger partial charge in [-0.1, -0.05) is 0 Å². The fourth-order valence-electron chi connectivity index (χ4n) is 3.76. The zero-order valence-corrected chi connectivity index (χ0v) is 17.4. The Morgan fingerprint density at radius 2 is 1.79 bits per heavy atom. The van der Waals surface area contributed by atoms with Gasteiger partial charge in [0.2, 0.25) is 0 Å². The third-order valence-corrected chi connectivity index (χ3v) is 5.30. The normalized spacial score (nSPS) is 13.5. The molecule has 0 radical (unpaired) electrons. The van der Waals surface area contributed by atoms with E-state index in [1.165, 1.54) is 17.0 Å². The first-order valence-electron chi connectivity index (χ1n) is 9.93. The summed E-state index contributed by atoms with van der Waals surface area (Å²) in [6, 6.07) is 7.55. The quantitative estimate of drug-likeness (QED) is 0.574. The zero-order chi connectivity index (χ0) is 23.9. The highest BCUT2D eigenvalue weighted by atomic mass is 19.4. The first-order chi connectivity index (χ1) is 15.5. The average molecular weight is 461 g/mol. The van der Waals surface area contributed by atoms with Crippen LogP contribution in [0.3, 0.4) is 0 Å². The number of fused-ring (bicyclic) bond motifs is 1. The fraction of sp³-hybridized carbons (Fsp3) is 0.227. The van der Waals surface area contributed by atoms with Gasteiger partial charge in [-0.2, -0.15) is 18.3 Å². The topological polar surface area (TPSA) is 93.2 Å². The highest BCUT2D eigenvalue weighted by Crippen LogP contribution is 2.32. The van der Waals surface area contributed by atoms with Crippen molar-refractivity contribution >= 4 is 17.6 Å². The second-order valence-electron chi connectivity index (χ2n) is 7.70. The molecule has 11 heteroatoms. The molecule has 3 aromatic rings. The van der Waals surface area contributed by atoms with Gasteiger partial charge in [0.1, 0.15) is 11.5 Å². The van der Waals surface area contributed by atoms with Gasteiger partial charge in [0.05, 0.1) is 29.9 Å². The van der Waals surface area contributed by atoms with Crippen LogP contribution in [0, 0.1) is 12.7 Å². The molecule has 0 aliphatic carbocycles. The minimum Gasteiger partial charge on any atom is -0.351 e. The van der Waals surface area contributed by atoms with E-state index >= 15 is 0 Å². The molecule has 172 valence electrons. The molecule has 0 bridgehead atoms. The molecule has 2 aromatic carbocycles. The molecule has 1 aliphatic rings. The smallest absolute Gasteiger partial charge is 0.351 e. The predicted molar refractivity (Wildman–Crippen MR) is 112 cm³/mol. The van der Waals surface area contributed by atoms with Crippen molar-refractivity contribution in [2.24, 2.45) is 5.73 Å². The lowest BCUT2D eigenvalue weighted by Crippen LogP contribution is -2.42. The number of aryl methyl sites for hydroxylation is 1. The van der Waals surface area contributed by atoms with Gasteiger partial charge in [-0.15, -0.1) is 0 Å². The number of hydrogen-bond donors (Lipinski definition) is 2. The van der Waals surface area contributed by atoms with Crippen LogP contribution < -0.4 is 11.1 Å². The summed E-state index contributed by atoms with van der Waals surface area (Å²) in [7, 11) is 0. The number of benzene rings is 2. The summed E-state index contributed by atoms with van der Waals surface area (Å²) in [5, 5.41) is 7.04. The predicted octanol–water partition coefficient (Wildman–Crippen LogP) is 4.16. The molecular weight excluding hydrogens is 442 g/mol. The van der Waals surface area contributed by atoms with Crippen molar-refractivity contribution in [2.45, 2.75) is 26.2 Å². The summed E-state index contributed by atoms with van der Waals surface area (Å²) >= 11 is 0. The molecule has 1 aromatic heterocycles. The van der Waals surface area contributed by atoms with Crippen molar-refractivity contribution in [3.63, 3.8) is 0 Å². The summed E-state index contributed by atoms with van der Waals surface area (Å²) in [5.74, 6) is -1.16. The van der Waals surface area contributed by atoms with Gasteiger partial charge in [0.15, 0.2) is 0 Å². The van der Waals surface area contributed by atoms with Crippen LogP contribution in [0.1, 0.15) is 27.2 Å². The Balaban J connectivity index is 1.76. The summed E-state index contributed by atoms with van der Waals surface area (Å²) < 4.78 is 54.1. The van der Waals surface area contributed by atoms with E-state index in [9.17, 15) is 27.2 Å². The number of urea groups is 1. The lowest BCUT2D eigenvalue weighted by Gasteiger charge is -2.26. The lowest BCUT2D eigenvalue weighted by molar-refractivity contribution is -0.137. The second kappa shape index (κ2) is 8.23. The Morgan fingerprint density at radius 1 is 1.09 bits per heavy atom. The van der Waals surface area contributed by atoms with Gasteiger partial charge in [0, 0.05) is 17.8 Å². The minimum atomic E-state index is -4.51. The number of primary amides is 1. The van der Waals surface area contributed by atoms with E-state index in [2.05, 4.69) is 10.4 Å². The van der Waals surface area contributed by atoms with E-state index in [0.717, 1.165) is 24.3 Å². The zero-order valence-electron chi connectivity index (χ0n) is 17.4. The summed E-state index contributed by atoms with van der Waals surface area (Å²) in [4.78, 5) is 26.3. The molecule has 0 unspecified atom stereocenters. The molecule has 3 N–H and O–H groups in total. The second-order valence-corrected chi connectivity index (χ2v) is 7.70. The molecule has 7 nitrogen and oxygen atoms in total. The van der Waals surface area contributed by atoms with Gasteiger partial charge in [-0.05, 0) is 55.0 Å². The van der Waals surface area contributed by atoms with Crippen LogP contribution in [0.2, 0.25) is 0 Å². The van der Waals surface area contributed by atoms with E-state index in [1.807, 2.05) is 0 Å². The lowest BCUT2D eigenvalue weighted by atomic mass is 10.0. The number of carbonyl (C=O) groups excluding carboxylic acids is 2. The van der Waals surface area contributed by atoms with Crippen LogP contribution in [0.15, 0.2) is 42.5 Å². The summed E-state index contributed by atoms with van der Waals surface area (Å²) in [6.07, 6.45) is -4.51. The van der Waals surface area contributed by atoms with E-state index in [-0.39, 0.29) is 36.6 Å². The van der Waals surface area contributed by atoms with E-state index in [4.69, 9.17) is 5.73 Å². The number of anilines is 1. The maximum atomic E-state index is 14.1. The number of halogens is 4. The average Bonchev–Trinajstić information content (AvgIpc) is 3.11. The number of aromatic nitrogens is 2. The van der Waals surface area contributed by atoms with E-state index in [0.29, 0.717) is 16.8 Å². The number of hydrogen-bond acceptors (Lipinski definition) is 3. The fourth-order valence-corrected chi connectivity index (χ4v) is 3.76. The Labute approximate surface area is 185 Å². The van der Waals surface area contributed by atoms with Crippen molar-refractivity contribution < 1.29 is 27.2 Å². The number of rotatable bonds is 3. The molecule has 4 rings (SSSR count). The largest absolute Gasteiger partial charge is 0.416 e. The summed E-state index contributed by atoms with van der Waals surface area (Å²) in [6.45, 7) is 2.25. The maximum absolute atomic E-state index is 14.1. The Kier molecular flexibility index (Phi) is 5.56. The van der Waals surface area contributed by atoms with Crippen LogP contribution in [0.5, 0.6) is 0 Å². The number of nitrogens with zero attached hydrogens (tertiary/aromatic N) is 3. The minimum absolute atomic E-state index is 0.00635. The molecule has 33 heavy (non-hydrogen) atoms. The number of nitrogens with two attached hydrogens (primary N) is 1. The number of amides is 3. The molecule has 0 saturated carbocycles. The van der Waals surface area contributed by atoms with Crippen LogP contribution in [-0.2, 0) is 19.3 Å². The Morgan fingerprint density at radius 3 is 2.39 bits per heavy atom. The molecule has 2 heterocycles. The van der Waals surface area contributed by atoms with Crippen LogP contribution >= 0.6 is 0 Å². The standard InChI is InChI=1S/C22H19F4N5O2/c1-12-8-13(10-15(23)9-12)19-18(17-11-30(21(27)33)6-7-31(17)29-19)20(32)28-16-4-2-14(3-5-16)22(24,25)26/h2-5,8-10H,6-7,11H2,1H3,(H2,27,33)(H,28,32). The summed E-state index contributed by atoms with van der Waals surface area (Å²) in [5.41, 5.74) is 6.33. The van der Waals surface area contributed by atoms with Gasteiger partial charge >= 0.3 is 12.2 Å². The van der Waals surface area contributed by atoms with Gasteiger partial charge in [-0.25, -0.2) is 9.18 Å². The third-order valence-electron chi connectivity index (χ3n) is 5.30. The van der Waals surface area contributed by atoms with Crippen molar-refractivity contribution in [1.29, 1.82) is 0 Å². The highest BCUT2D eigenvalue weighted by Gasteiger charge is 2.32. The first-order valence-corrected chi connectivity index (χ1v) is 9.93. The van der Waals surface area contributed by atoms with Crippen LogP contribution in [0.25, 0.3) is 11.3 Å². The van der Waals surface area contributed by atoms with Crippen molar-refractivity contribution in [3.8, 4) is 11.3 Å². The van der Waals surface area contributed by atoms with Crippen LogP contribution in [-0.4, -0.2) is 33.2 Å². The van der Waals surface area contributed by atoms with Gasteiger partial charge < -0.3 is 16.0 Å². The first kappa shape index (κ1) is 22.3. The molecule has 0 saturated heterocycles. The van der Waals surface area contributed by atoms with E-state index in [1.54, 1.807) is 17.7 Å². The molecule has 0 fully saturated rings. The maximum Gasteiger partial charge on any atom is 0.416 e. The number of carbonyl (C=O) groups is 2. The Bertz CT molecular complexity index is 1210. The van der Waals surface area contributed by atoms with Crippen molar-refractivity contribution in [3.05, 3.63) is 70.7 Å². The van der Waals surface area contributed by atoms with E-state index < -0.39 is 29.5 Å². The number of alkyl halides is 3.